The zero-order chi connectivity index (χ0) is 18.9. The molecule has 0 saturated heterocycles. The van der Waals surface area contributed by atoms with Gasteiger partial charge in [-0.05, 0) is 49.2 Å². The van der Waals surface area contributed by atoms with E-state index in [4.69, 9.17) is 11.1 Å². The van der Waals surface area contributed by atoms with E-state index >= 15 is 0 Å². The van der Waals surface area contributed by atoms with Crippen LogP contribution >= 0.6 is 0 Å². The van der Waals surface area contributed by atoms with Crippen molar-refractivity contribution in [3.63, 3.8) is 0 Å². The molecule has 0 heterocycles. The standard InChI is InChI=1S/C20H27N5O/c1-3-14-24(15-4-2)19(21)23-20(22)25(16-8-6-5-7-9-16)17-10-12-18(26)13-11-17/h5-13,26H,3-4,14-15H2,1-2H3,(H3,21,22,23). The largest absolute Gasteiger partial charge is 0.508 e. The maximum Gasteiger partial charge on any atom is 0.221 e. The van der Waals surface area contributed by atoms with Gasteiger partial charge in [0.1, 0.15) is 5.75 Å². The topological polar surface area (TPSA) is 88.9 Å². The number of nitrogens with zero attached hydrogens (tertiary/aromatic N) is 3. The summed E-state index contributed by atoms with van der Waals surface area (Å²) in [5, 5.41) is 17.9. The number of anilines is 2. The highest BCUT2D eigenvalue weighted by Gasteiger charge is 2.16. The molecule has 26 heavy (non-hydrogen) atoms. The van der Waals surface area contributed by atoms with Crippen LogP contribution in [-0.4, -0.2) is 35.0 Å². The fourth-order valence-electron chi connectivity index (χ4n) is 2.69. The van der Waals surface area contributed by atoms with Gasteiger partial charge in [-0.2, -0.15) is 4.99 Å². The van der Waals surface area contributed by atoms with Gasteiger partial charge in [-0.25, -0.2) is 0 Å². The summed E-state index contributed by atoms with van der Waals surface area (Å²) in [4.78, 5) is 8.05. The molecule has 0 aliphatic heterocycles. The average molecular weight is 353 g/mol. The van der Waals surface area contributed by atoms with Crippen molar-refractivity contribution in [3.8, 4) is 5.75 Å². The molecule has 0 unspecified atom stereocenters. The molecule has 4 N–H and O–H groups in total. The third-order valence-corrected chi connectivity index (χ3v) is 3.86. The lowest BCUT2D eigenvalue weighted by molar-refractivity contribution is 0.410. The highest BCUT2D eigenvalue weighted by Crippen LogP contribution is 2.26. The Balaban J connectivity index is 2.38. The van der Waals surface area contributed by atoms with Gasteiger partial charge in [-0.3, -0.25) is 10.3 Å². The van der Waals surface area contributed by atoms with Crippen LogP contribution < -0.4 is 10.6 Å². The first-order valence-corrected chi connectivity index (χ1v) is 8.88. The van der Waals surface area contributed by atoms with E-state index in [9.17, 15) is 5.11 Å². The normalized spacial score (nSPS) is 11.2. The molecular weight excluding hydrogens is 326 g/mol. The molecular formula is C20H27N5O. The van der Waals surface area contributed by atoms with Crippen LogP contribution in [0.25, 0.3) is 0 Å². The van der Waals surface area contributed by atoms with Crippen LogP contribution in [0.15, 0.2) is 59.6 Å². The molecule has 2 aromatic carbocycles. The Hall–Kier alpha value is -3.02. The van der Waals surface area contributed by atoms with E-state index in [-0.39, 0.29) is 17.7 Å². The third kappa shape index (κ3) is 4.99. The molecule has 0 radical (unpaired) electrons. The summed E-state index contributed by atoms with van der Waals surface area (Å²) < 4.78 is 0. The van der Waals surface area contributed by atoms with Crippen molar-refractivity contribution in [2.75, 3.05) is 18.0 Å². The fourth-order valence-corrected chi connectivity index (χ4v) is 2.69. The number of para-hydroxylation sites is 1. The van der Waals surface area contributed by atoms with Crippen LogP contribution in [-0.2, 0) is 0 Å². The molecule has 6 heteroatoms. The second-order valence-electron chi connectivity index (χ2n) is 5.97. The Labute approximate surface area is 155 Å². The summed E-state index contributed by atoms with van der Waals surface area (Å²) >= 11 is 0. The Morgan fingerprint density at radius 3 is 2.04 bits per heavy atom. The van der Waals surface area contributed by atoms with E-state index in [1.807, 2.05) is 35.2 Å². The summed E-state index contributed by atoms with van der Waals surface area (Å²) in [5.74, 6) is 0.553. The molecule has 0 atom stereocenters. The number of hydrogen-bond acceptors (Lipinski definition) is 2. The average Bonchev–Trinajstić information content (AvgIpc) is 2.64. The van der Waals surface area contributed by atoms with Crippen LogP contribution in [0.2, 0.25) is 0 Å². The van der Waals surface area contributed by atoms with Crippen LogP contribution in [0.1, 0.15) is 26.7 Å². The molecule has 2 rings (SSSR count). The number of hydrogen-bond donors (Lipinski definition) is 3. The van der Waals surface area contributed by atoms with Crippen molar-refractivity contribution in [1.82, 2.24) is 4.90 Å². The number of aromatic hydroxyl groups is 1. The van der Waals surface area contributed by atoms with Gasteiger partial charge in [-0.15, -0.1) is 0 Å². The van der Waals surface area contributed by atoms with Crippen LogP contribution in [0.5, 0.6) is 5.75 Å². The summed E-state index contributed by atoms with van der Waals surface area (Å²) in [6.45, 7) is 5.70. The Morgan fingerprint density at radius 2 is 1.50 bits per heavy atom. The predicted octanol–water partition coefficient (Wildman–Crippen LogP) is 3.90. The molecule has 0 saturated carbocycles. The van der Waals surface area contributed by atoms with Gasteiger partial charge >= 0.3 is 0 Å². The zero-order valence-corrected chi connectivity index (χ0v) is 15.4. The number of nitrogens with two attached hydrogens (primary N) is 1. The lowest BCUT2D eigenvalue weighted by Crippen LogP contribution is -2.38. The molecule has 0 aliphatic rings. The van der Waals surface area contributed by atoms with Crippen LogP contribution in [0.4, 0.5) is 11.4 Å². The molecule has 138 valence electrons. The van der Waals surface area contributed by atoms with Gasteiger partial charge in [0, 0.05) is 24.5 Å². The molecule has 0 fully saturated rings. The molecule has 6 nitrogen and oxygen atoms in total. The Morgan fingerprint density at radius 1 is 0.962 bits per heavy atom. The summed E-state index contributed by atoms with van der Waals surface area (Å²) in [5.41, 5.74) is 7.90. The highest BCUT2D eigenvalue weighted by atomic mass is 16.3. The second kappa shape index (κ2) is 9.46. The Kier molecular flexibility index (Phi) is 7.02. The van der Waals surface area contributed by atoms with Crippen LogP contribution in [0, 0.1) is 5.41 Å². The number of aliphatic imine (C=N–C) groups is 1. The van der Waals surface area contributed by atoms with Gasteiger partial charge in [0.05, 0.1) is 0 Å². The molecule has 2 aromatic rings. The van der Waals surface area contributed by atoms with E-state index in [0.717, 1.165) is 37.3 Å². The number of nitrogens with one attached hydrogen (secondary N) is 1. The fraction of sp³-hybridized carbons (Fsp3) is 0.300. The maximum absolute atomic E-state index is 9.56. The molecule has 0 bridgehead atoms. The SMILES string of the molecule is CCCN(CCC)C(=N)N=C(N)N(c1ccccc1)c1ccc(O)cc1. The maximum atomic E-state index is 9.56. The van der Waals surface area contributed by atoms with E-state index in [0.29, 0.717) is 0 Å². The Bertz CT molecular complexity index is 722. The van der Waals surface area contributed by atoms with Gasteiger partial charge < -0.3 is 15.7 Å². The van der Waals surface area contributed by atoms with Crippen LogP contribution in [0.3, 0.4) is 0 Å². The van der Waals surface area contributed by atoms with E-state index in [1.165, 1.54) is 0 Å². The zero-order valence-electron chi connectivity index (χ0n) is 15.4. The van der Waals surface area contributed by atoms with Crippen molar-refractivity contribution in [2.24, 2.45) is 10.7 Å². The lowest BCUT2D eigenvalue weighted by atomic mass is 10.2. The molecule has 0 spiro atoms. The van der Waals surface area contributed by atoms with Gasteiger partial charge in [0.15, 0.2) is 0 Å². The minimum atomic E-state index is 0.158. The number of rotatable bonds is 6. The van der Waals surface area contributed by atoms with Crippen molar-refractivity contribution in [2.45, 2.75) is 26.7 Å². The monoisotopic (exact) mass is 353 g/mol. The van der Waals surface area contributed by atoms with E-state index in [2.05, 4.69) is 18.8 Å². The van der Waals surface area contributed by atoms with Crippen molar-refractivity contribution >= 4 is 23.3 Å². The summed E-state index contributed by atoms with van der Waals surface area (Å²) in [7, 11) is 0. The van der Waals surface area contributed by atoms with E-state index in [1.54, 1.807) is 29.2 Å². The number of phenolic OH excluding ortho intramolecular Hbond substituents is 1. The lowest BCUT2D eigenvalue weighted by Gasteiger charge is -2.26. The van der Waals surface area contributed by atoms with Gasteiger partial charge in [-0.1, -0.05) is 32.0 Å². The first-order valence-electron chi connectivity index (χ1n) is 8.88. The minimum Gasteiger partial charge on any atom is -0.508 e. The van der Waals surface area contributed by atoms with E-state index < -0.39 is 0 Å². The van der Waals surface area contributed by atoms with Crippen molar-refractivity contribution in [1.29, 1.82) is 5.41 Å². The quantitative estimate of drug-likeness (QED) is 0.543. The van der Waals surface area contributed by atoms with Crippen molar-refractivity contribution in [3.05, 3.63) is 54.6 Å². The summed E-state index contributed by atoms with van der Waals surface area (Å²) in [6, 6.07) is 16.4. The smallest absolute Gasteiger partial charge is 0.221 e. The number of phenols is 1. The predicted molar refractivity (Wildman–Crippen MR) is 108 cm³/mol. The second-order valence-corrected chi connectivity index (χ2v) is 5.97. The minimum absolute atomic E-state index is 0.158. The van der Waals surface area contributed by atoms with Gasteiger partial charge in [0.25, 0.3) is 0 Å². The van der Waals surface area contributed by atoms with Crippen molar-refractivity contribution < 1.29 is 5.11 Å². The number of guanidine groups is 2. The highest BCUT2D eigenvalue weighted by molar-refractivity contribution is 6.06. The molecule has 0 amide bonds. The summed E-state index contributed by atoms with van der Waals surface area (Å²) in [6.07, 6.45) is 1.89. The first kappa shape index (κ1) is 19.3. The number of benzene rings is 2. The first-order chi connectivity index (χ1) is 12.6. The molecule has 0 aromatic heterocycles. The molecule has 0 aliphatic carbocycles. The van der Waals surface area contributed by atoms with Gasteiger partial charge in [0.2, 0.25) is 11.9 Å². The third-order valence-electron chi connectivity index (χ3n) is 3.86.